The van der Waals surface area contributed by atoms with E-state index in [1.807, 2.05) is 0 Å². The highest BCUT2D eigenvalue weighted by atomic mass is 16.5. The standard InChI is InChI=1S/C12H22O/c1-10(2)8-11(3)6-7-12(4)9-13-5/h6-7,10H,8-9H2,1-5H3/b11-6+,12-7+. The van der Waals surface area contributed by atoms with E-state index in [0.717, 1.165) is 12.5 Å². The molecule has 0 aromatic carbocycles. The first-order chi connectivity index (χ1) is 6.06. The van der Waals surface area contributed by atoms with Crippen molar-refractivity contribution in [1.29, 1.82) is 0 Å². The van der Waals surface area contributed by atoms with E-state index in [4.69, 9.17) is 4.74 Å². The second-order valence-corrected chi connectivity index (χ2v) is 4.06. The van der Waals surface area contributed by atoms with Gasteiger partial charge in [-0.05, 0) is 31.8 Å². The number of allylic oxidation sites excluding steroid dienone is 3. The van der Waals surface area contributed by atoms with E-state index in [0.29, 0.717) is 0 Å². The number of methoxy groups -OCH3 is 1. The van der Waals surface area contributed by atoms with Crippen molar-refractivity contribution in [3.63, 3.8) is 0 Å². The van der Waals surface area contributed by atoms with Gasteiger partial charge in [-0.1, -0.05) is 31.6 Å². The summed E-state index contributed by atoms with van der Waals surface area (Å²) >= 11 is 0. The number of rotatable bonds is 5. The van der Waals surface area contributed by atoms with E-state index in [9.17, 15) is 0 Å². The summed E-state index contributed by atoms with van der Waals surface area (Å²) in [7, 11) is 1.72. The zero-order valence-electron chi connectivity index (χ0n) is 9.55. The second-order valence-electron chi connectivity index (χ2n) is 4.06. The Morgan fingerprint density at radius 1 is 1.15 bits per heavy atom. The zero-order valence-corrected chi connectivity index (χ0v) is 9.55. The van der Waals surface area contributed by atoms with Crippen molar-refractivity contribution < 1.29 is 4.74 Å². The van der Waals surface area contributed by atoms with Crippen molar-refractivity contribution in [3.8, 4) is 0 Å². The van der Waals surface area contributed by atoms with Crippen LogP contribution in [-0.4, -0.2) is 13.7 Å². The van der Waals surface area contributed by atoms with Gasteiger partial charge in [0.15, 0.2) is 0 Å². The third-order valence-electron chi connectivity index (χ3n) is 1.75. The van der Waals surface area contributed by atoms with Gasteiger partial charge in [0.2, 0.25) is 0 Å². The molecule has 76 valence electrons. The molecule has 0 aliphatic heterocycles. The van der Waals surface area contributed by atoms with Gasteiger partial charge in [-0.3, -0.25) is 0 Å². The Kier molecular flexibility index (Phi) is 6.61. The second kappa shape index (κ2) is 6.90. The first-order valence-electron chi connectivity index (χ1n) is 4.88. The molecule has 0 saturated carbocycles. The minimum atomic E-state index is 0.728. The molecule has 0 aromatic heterocycles. The fraction of sp³-hybridized carbons (Fsp3) is 0.667. The third-order valence-corrected chi connectivity index (χ3v) is 1.75. The van der Waals surface area contributed by atoms with Crippen LogP contribution in [0.5, 0.6) is 0 Å². The molecule has 0 radical (unpaired) electrons. The lowest BCUT2D eigenvalue weighted by Crippen LogP contribution is -1.90. The molecule has 0 atom stereocenters. The van der Waals surface area contributed by atoms with Crippen LogP contribution in [0.3, 0.4) is 0 Å². The highest BCUT2D eigenvalue weighted by Crippen LogP contribution is 2.10. The first kappa shape index (κ1) is 12.4. The SMILES string of the molecule is COC/C(C)=C/C=C(\C)CC(C)C. The lowest BCUT2D eigenvalue weighted by Gasteiger charge is -2.03. The van der Waals surface area contributed by atoms with Crippen LogP contribution in [0, 0.1) is 5.92 Å². The predicted octanol–water partition coefficient (Wildman–Crippen LogP) is 3.57. The molecule has 0 amide bonds. The summed E-state index contributed by atoms with van der Waals surface area (Å²) in [6, 6.07) is 0. The quantitative estimate of drug-likeness (QED) is 0.591. The molecule has 0 aromatic rings. The summed E-state index contributed by atoms with van der Waals surface area (Å²) in [6.45, 7) is 9.47. The molecule has 0 rings (SSSR count). The van der Waals surface area contributed by atoms with Gasteiger partial charge in [0.1, 0.15) is 0 Å². The lowest BCUT2D eigenvalue weighted by atomic mass is 10.0. The summed E-state index contributed by atoms with van der Waals surface area (Å²) in [4.78, 5) is 0. The topological polar surface area (TPSA) is 9.23 Å². The van der Waals surface area contributed by atoms with Crippen molar-refractivity contribution >= 4 is 0 Å². The molecule has 0 saturated heterocycles. The molecule has 1 heteroatoms. The van der Waals surface area contributed by atoms with Crippen LogP contribution in [-0.2, 0) is 4.74 Å². The van der Waals surface area contributed by atoms with Crippen LogP contribution in [0.4, 0.5) is 0 Å². The van der Waals surface area contributed by atoms with Crippen molar-refractivity contribution in [1.82, 2.24) is 0 Å². The molecule has 0 aliphatic carbocycles. The van der Waals surface area contributed by atoms with Crippen LogP contribution in [0.1, 0.15) is 34.1 Å². The van der Waals surface area contributed by atoms with Gasteiger partial charge in [-0.25, -0.2) is 0 Å². The molecule has 1 nitrogen and oxygen atoms in total. The Labute approximate surface area is 82.5 Å². The largest absolute Gasteiger partial charge is 0.380 e. The van der Waals surface area contributed by atoms with E-state index in [-0.39, 0.29) is 0 Å². The fourth-order valence-corrected chi connectivity index (χ4v) is 1.27. The Hall–Kier alpha value is -0.560. The van der Waals surface area contributed by atoms with E-state index >= 15 is 0 Å². The molecule has 0 N–H and O–H groups in total. The highest BCUT2D eigenvalue weighted by molar-refractivity contribution is 5.15. The van der Waals surface area contributed by atoms with Crippen LogP contribution in [0.15, 0.2) is 23.3 Å². The molecular weight excluding hydrogens is 160 g/mol. The van der Waals surface area contributed by atoms with Gasteiger partial charge in [0.05, 0.1) is 6.61 Å². The third kappa shape index (κ3) is 7.79. The van der Waals surface area contributed by atoms with Crippen LogP contribution in [0.25, 0.3) is 0 Å². The van der Waals surface area contributed by atoms with Gasteiger partial charge >= 0.3 is 0 Å². The smallest absolute Gasteiger partial charge is 0.0673 e. The normalized spacial score (nSPS) is 14.0. The molecule has 0 fully saturated rings. The van der Waals surface area contributed by atoms with Gasteiger partial charge < -0.3 is 4.74 Å². The van der Waals surface area contributed by atoms with E-state index in [1.54, 1.807) is 7.11 Å². The molecule has 13 heavy (non-hydrogen) atoms. The molecule has 0 aliphatic rings. The van der Waals surface area contributed by atoms with Crippen molar-refractivity contribution in [2.45, 2.75) is 34.1 Å². The van der Waals surface area contributed by atoms with Crippen LogP contribution >= 0.6 is 0 Å². The maximum Gasteiger partial charge on any atom is 0.0673 e. The van der Waals surface area contributed by atoms with Crippen molar-refractivity contribution in [2.75, 3.05) is 13.7 Å². The minimum Gasteiger partial charge on any atom is -0.380 e. The van der Waals surface area contributed by atoms with Gasteiger partial charge in [-0.2, -0.15) is 0 Å². The monoisotopic (exact) mass is 182 g/mol. The van der Waals surface area contributed by atoms with Crippen LogP contribution in [0.2, 0.25) is 0 Å². The molecule has 0 bridgehead atoms. The summed E-state index contributed by atoms with van der Waals surface area (Å²) < 4.78 is 5.02. The maximum absolute atomic E-state index is 5.02. The molecule has 0 unspecified atom stereocenters. The molecular formula is C12H22O. The molecule has 0 spiro atoms. The Bertz CT molecular complexity index is 187. The lowest BCUT2D eigenvalue weighted by molar-refractivity contribution is 0.226. The highest BCUT2D eigenvalue weighted by Gasteiger charge is 1.94. The predicted molar refractivity (Wildman–Crippen MR) is 58.8 cm³/mol. The van der Waals surface area contributed by atoms with E-state index in [2.05, 4.69) is 39.8 Å². The van der Waals surface area contributed by atoms with E-state index < -0.39 is 0 Å². The summed E-state index contributed by atoms with van der Waals surface area (Å²) in [6.07, 6.45) is 5.51. The average molecular weight is 182 g/mol. The fourth-order valence-electron chi connectivity index (χ4n) is 1.27. The van der Waals surface area contributed by atoms with Crippen molar-refractivity contribution in [2.24, 2.45) is 5.92 Å². The van der Waals surface area contributed by atoms with Crippen LogP contribution < -0.4 is 0 Å². The number of hydrogen-bond acceptors (Lipinski definition) is 1. The van der Waals surface area contributed by atoms with Crippen molar-refractivity contribution in [3.05, 3.63) is 23.3 Å². The average Bonchev–Trinajstić information content (AvgIpc) is 2.00. The minimum absolute atomic E-state index is 0.728. The number of hydrogen-bond donors (Lipinski definition) is 0. The van der Waals surface area contributed by atoms with Gasteiger partial charge in [0, 0.05) is 7.11 Å². The Balaban J connectivity index is 4.00. The van der Waals surface area contributed by atoms with Gasteiger partial charge in [-0.15, -0.1) is 0 Å². The zero-order chi connectivity index (χ0) is 10.3. The van der Waals surface area contributed by atoms with Gasteiger partial charge in [0.25, 0.3) is 0 Å². The molecule has 0 heterocycles. The van der Waals surface area contributed by atoms with E-state index in [1.165, 1.54) is 17.6 Å². The number of ether oxygens (including phenoxy) is 1. The maximum atomic E-state index is 5.02. The summed E-state index contributed by atoms with van der Waals surface area (Å²) in [5.74, 6) is 0.743. The summed E-state index contributed by atoms with van der Waals surface area (Å²) in [5.41, 5.74) is 2.70. The summed E-state index contributed by atoms with van der Waals surface area (Å²) in [5, 5.41) is 0. The Morgan fingerprint density at radius 2 is 1.69 bits per heavy atom. The first-order valence-corrected chi connectivity index (χ1v) is 4.88. The Morgan fingerprint density at radius 3 is 2.15 bits per heavy atom.